The van der Waals surface area contributed by atoms with E-state index in [1.807, 2.05) is 60.7 Å². The number of carbonyl (C=O) groups excluding carboxylic acids is 1. The molecule has 188 valence electrons. The average molecular weight is 504 g/mol. The molecule has 4 rings (SSSR count). The average Bonchev–Trinajstić information content (AvgIpc) is 3.25. The second-order valence-electron chi connectivity index (χ2n) is 8.98. The molecule has 1 N–H and O–H groups in total. The van der Waals surface area contributed by atoms with Crippen LogP contribution >= 0.6 is 11.6 Å². The lowest BCUT2D eigenvalue weighted by Crippen LogP contribution is -2.26. The van der Waals surface area contributed by atoms with Crippen LogP contribution in [0.2, 0.25) is 5.02 Å². The van der Waals surface area contributed by atoms with Crippen molar-refractivity contribution in [2.24, 2.45) is 0 Å². The molecule has 0 atom stereocenters. The van der Waals surface area contributed by atoms with E-state index < -0.39 is 0 Å². The third-order valence-corrected chi connectivity index (χ3v) is 6.52. The lowest BCUT2D eigenvalue weighted by molar-refractivity contribution is -0.120. The van der Waals surface area contributed by atoms with Gasteiger partial charge < -0.3 is 14.6 Å². The van der Waals surface area contributed by atoms with Gasteiger partial charge in [-0.15, -0.1) is 0 Å². The lowest BCUT2D eigenvalue weighted by Gasteiger charge is -2.11. The van der Waals surface area contributed by atoms with Crippen molar-refractivity contribution in [3.05, 3.63) is 95.3 Å². The fraction of sp³-hybridized carbons (Fsp3) is 0.333. The number of amides is 1. The second-order valence-corrected chi connectivity index (χ2v) is 9.38. The number of halogens is 1. The summed E-state index contributed by atoms with van der Waals surface area (Å²) in [7, 11) is 0. The van der Waals surface area contributed by atoms with Gasteiger partial charge in [-0.25, -0.2) is 4.98 Å². The van der Waals surface area contributed by atoms with Crippen molar-refractivity contribution in [3.63, 3.8) is 0 Å². The molecule has 6 heteroatoms. The van der Waals surface area contributed by atoms with Crippen LogP contribution in [0.1, 0.15) is 43.5 Å². The number of unbranched alkanes of at least 4 members (excludes halogenated alkanes) is 3. The van der Waals surface area contributed by atoms with Gasteiger partial charge >= 0.3 is 0 Å². The predicted octanol–water partition coefficient (Wildman–Crippen LogP) is 6.62. The maximum Gasteiger partial charge on any atom is 0.224 e. The number of nitrogens with one attached hydrogen (secondary N) is 1. The molecule has 0 spiro atoms. The molecule has 0 aliphatic rings. The Bertz CT molecular complexity index is 1240. The van der Waals surface area contributed by atoms with Crippen LogP contribution in [0.25, 0.3) is 11.0 Å². The molecule has 36 heavy (non-hydrogen) atoms. The molecule has 4 aromatic rings. The zero-order valence-corrected chi connectivity index (χ0v) is 21.4. The highest BCUT2D eigenvalue weighted by Gasteiger charge is 2.10. The van der Waals surface area contributed by atoms with E-state index in [1.54, 1.807) is 0 Å². The number of nitrogens with zero attached hydrogens (tertiary/aromatic N) is 2. The van der Waals surface area contributed by atoms with Crippen molar-refractivity contribution >= 4 is 28.5 Å². The molecule has 5 nitrogen and oxygen atoms in total. The minimum atomic E-state index is 0.0847. The van der Waals surface area contributed by atoms with Crippen molar-refractivity contribution < 1.29 is 9.53 Å². The number of hydrogen-bond acceptors (Lipinski definition) is 3. The van der Waals surface area contributed by atoms with Crippen molar-refractivity contribution in [3.8, 4) is 5.75 Å². The van der Waals surface area contributed by atoms with E-state index in [0.717, 1.165) is 67.7 Å². The first-order valence-electron chi connectivity index (χ1n) is 12.8. The van der Waals surface area contributed by atoms with E-state index in [-0.39, 0.29) is 5.91 Å². The monoisotopic (exact) mass is 503 g/mol. The summed E-state index contributed by atoms with van der Waals surface area (Å²) in [5.74, 6) is 1.96. The topological polar surface area (TPSA) is 56.2 Å². The molecule has 1 aromatic heterocycles. The van der Waals surface area contributed by atoms with E-state index >= 15 is 0 Å². The molecule has 0 bridgehead atoms. The van der Waals surface area contributed by atoms with Gasteiger partial charge in [0.25, 0.3) is 0 Å². The van der Waals surface area contributed by atoms with Crippen molar-refractivity contribution in [2.45, 2.75) is 51.5 Å². The molecule has 1 amide bonds. The zero-order valence-electron chi connectivity index (χ0n) is 20.7. The maximum absolute atomic E-state index is 12.1. The smallest absolute Gasteiger partial charge is 0.224 e. The highest BCUT2D eigenvalue weighted by atomic mass is 35.5. The van der Waals surface area contributed by atoms with Crippen LogP contribution < -0.4 is 10.1 Å². The summed E-state index contributed by atoms with van der Waals surface area (Å²) in [6.45, 7) is 2.27. The lowest BCUT2D eigenvalue weighted by atomic mass is 10.1. The number of aromatic nitrogens is 2. The number of carbonyl (C=O) groups is 1. The minimum Gasteiger partial charge on any atom is -0.492 e. The number of benzene rings is 3. The van der Waals surface area contributed by atoms with Gasteiger partial charge in [-0.3, -0.25) is 4.79 Å². The van der Waals surface area contributed by atoms with Crippen LogP contribution in [0.15, 0.2) is 78.9 Å². The molecule has 0 saturated heterocycles. The van der Waals surface area contributed by atoms with E-state index in [1.165, 1.54) is 5.52 Å². The number of imidazole rings is 1. The third kappa shape index (κ3) is 7.59. The molecule has 0 aliphatic carbocycles. The van der Waals surface area contributed by atoms with Crippen LogP contribution in [0.3, 0.4) is 0 Å². The summed E-state index contributed by atoms with van der Waals surface area (Å²) in [5, 5.41) is 3.69. The standard InChI is InChI=1S/C30H34ClN3O2/c31-25-15-6-9-18-28(25)36-22-12-11-21-34-27-17-8-7-16-26(27)33-29(34)19-5-2-10-20-32-30(35)23-24-13-3-1-4-14-24/h1,3-4,6-9,13-18H,2,5,10-12,19-23H2,(H,32,35). The fourth-order valence-corrected chi connectivity index (χ4v) is 4.53. The predicted molar refractivity (Wildman–Crippen MR) is 147 cm³/mol. The Hall–Kier alpha value is -3.31. The molecule has 0 aliphatic heterocycles. The maximum atomic E-state index is 12.1. The molecule has 0 fully saturated rings. The normalized spacial score (nSPS) is 11.0. The summed E-state index contributed by atoms with van der Waals surface area (Å²) in [6.07, 6.45) is 6.40. The Kier molecular flexibility index (Phi) is 9.80. The van der Waals surface area contributed by atoms with Crippen LogP contribution in [0.4, 0.5) is 0 Å². The van der Waals surface area contributed by atoms with Gasteiger partial charge in [0.15, 0.2) is 0 Å². The Morgan fingerprint density at radius 2 is 1.64 bits per heavy atom. The summed E-state index contributed by atoms with van der Waals surface area (Å²) in [4.78, 5) is 17.0. The van der Waals surface area contributed by atoms with Crippen LogP contribution in [-0.4, -0.2) is 28.6 Å². The van der Waals surface area contributed by atoms with Crippen molar-refractivity contribution in [2.75, 3.05) is 13.2 Å². The number of para-hydroxylation sites is 3. The highest BCUT2D eigenvalue weighted by Crippen LogP contribution is 2.23. The molecular formula is C30H34ClN3O2. The second kappa shape index (κ2) is 13.7. The Labute approximate surface area is 218 Å². The van der Waals surface area contributed by atoms with Crippen LogP contribution in [0.5, 0.6) is 5.75 Å². The summed E-state index contributed by atoms with van der Waals surface area (Å²) < 4.78 is 8.19. The molecule has 0 saturated carbocycles. The van der Waals surface area contributed by atoms with Gasteiger partial charge in [0.05, 0.1) is 29.1 Å². The Balaban J connectivity index is 1.20. The summed E-state index contributed by atoms with van der Waals surface area (Å²) in [5.41, 5.74) is 3.28. The van der Waals surface area contributed by atoms with Crippen molar-refractivity contribution in [1.29, 1.82) is 0 Å². The molecule has 3 aromatic carbocycles. The van der Waals surface area contributed by atoms with Crippen LogP contribution in [-0.2, 0) is 24.2 Å². The molecule has 0 radical (unpaired) electrons. The SMILES string of the molecule is O=C(Cc1ccccc1)NCCCCCc1nc2ccccc2n1CCCCOc1ccccc1Cl. The number of rotatable bonds is 14. The van der Waals surface area contributed by atoms with E-state index in [2.05, 4.69) is 28.1 Å². The first kappa shape index (κ1) is 25.8. The Morgan fingerprint density at radius 1 is 0.861 bits per heavy atom. The number of fused-ring (bicyclic) bond motifs is 1. The van der Waals surface area contributed by atoms with E-state index in [0.29, 0.717) is 24.6 Å². The van der Waals surface area contributed by atoms with Gasteiger partial charge in [-0.05, 0) is 55.5 Å². The van der Waals surface area contributed by atoms with E-state index in [9.17, 15) is 4.79 Å². The largest absolute Gasteiger partial charge is 0.492 e. The highest BCUT2D eigenvalue weighted by molar-refractivity contribution is 6.32. The van der Waals surface area contributed by atoms with Gasteiger partial charge in [0.1, 0.15) is 11.6 Å². The minimum absolute atomic E-state index is 0.0847. The Morgan fingerprint density at radius 3 is 2.50 bits per heavy atom. The molecule has 1 heterocycles. The van der Waals surface area contributed by atoms with Gasteiger partial charge in [-0.1, -0.05) is 72.6 Å². The fourth-order valence-electron chi connectivity index (χ4n) is 4.34. The number of hydrogen-bond donors (Lipinski definition) is 1. The van der Waals surface area contributed by atoms with Crippen molar-refractivity contribution in [1.82, 2.24) is 14.9 Å². The first-order chi connectivity index (χ1) is 17.7. The quantitative estimate of drug-likeness (QED) is 0.197. The summed E-state index contributed by atoms with van der Waals surface area (Å²) >= 11 is 6.17. The van der Waals surface area contributed by atoms with Gasteiger partial charge in [0, 0.05) is 19.5 Å². The number of aryl methyl sites for hydroxylation is 2. The third-order valence-electron chi connectivity index (χ3n) is 6.21. The van der Waals surface area contributed by atoms with Crippen LogP contribution in [0, 0.1) is 0 Å². The first-order valence-corrected chi connectivity index (χ1v) is 13.2. The zero-order chi connectivity index (χ0) is 25.0. The van der Waals surface area contributed by atoms with Gasteiger partial charge in [-0.2, -0.15) is 0 Å². The van der Waals surface area contributed by atoms with Gasteiger partial charge in [0.2, 0.25) is 5.91 Å². The van der Waals surface area contributed by atoms with E-state index in [4.69, 9.17) is 21.3 Å². The molecule has 0 unspecified atom stereocenters. The number of ether oxygens (including phenoxy) is 1. The molecular weight excluding hydrogens is 470 g/mol. The summed E-state index contributed by atoms with van der Waals surface area (Å²) in [6, 6.07) is 25.8.